The highest BCUT2D eigenvalue weighted by atomic mass is 15.0. The van der Waals surface area contributed by atoms with Crippen molar-refractivity contribution in [2.24, 2.45) is 11.7 Å². The Hall–Kier alpha value is -0.0800. The summed E-state index contributed by atoms with van der Waals surface area (Å²) in [7, 11) is 0. The first-order valence-corrected chi connectivity index (χ1v) is 3.35. The zero-order valence-corrected chi connectivity index (χ0v) is 4.93. The Kier molecular flexibility index (Phi) is 0.866. The Morgan fingerprint density at radius 3 is 2.50 bits per heavy atom. The Bertz CT molecular complexity index is 101. The highest BCUT2D eigenvalue weighted by Crippen LogP contribution is 2.29. The van der Waals surface area contributed by atoms with E-state index in [2.05, 4.69) is 5.32 Å². The van der Waals surface area contributed by atoms with Gasteiger partial charge in [0.1, 0.15) is 0 Å². The van der Waals surface area contributed by atoms with Crippen LogP contribution in [0.1, 0.15) is 12.8 Å². The summed E-state index contributed by atoms with van der Waals surface area (Å²) < 4.78 is 0. The molecule has 8 heavy (non-hydrogen) atoms. The van der Waals surface area contributed by atoms with Crippen LogP contribution in [0.25, 0.3) is 0 Å². The molecule has 2 aliphatic rings. The van der Waals surface area contributed by atoms with Crippen LogP contribution in [0.15, 0.2) is 0 Å². The Morgan fingerprint density at radius 2 is 2.25 bits per heavy atom. The van der Waals surface area contributed by atoms with E-state index < -0.39 is 0 Å². The van der Waals surface area contributed by atoms with Gasteiger partial charge in [-0.1, -0.05) is 0 Å². The van der Waals surface area contributed by atoms with Crippen LogP contribution in [-0.4, -0.2) is 18.6 Å². The molecule has 1 heterocycles. The fourth-order valence-electron chi connectivity index (χ4n) is 1.88. The molecule has 0 aromatic rings. The number of hydrogen-bond donors (Lipinski definition) is 2. The van der Waals surface area contributed by atoms with Gasteiger partial charge in [0, 0.05) is 12.1 Å². The van der Waals surface area contributed by atoms with Crippen molar-refractivity contribution in [2.75, 3.05) is 6.54 Å². The quantitative estimate of drug-likeness (QED) is 0.451. The number of rotatable bonds is 0. The van der Waals surface area contributed by atoms with Crippen molar-refractivity contribution in [3.8, 4) is 0 Å². The highest BCUT2D eigenvalue weighted by Gasteiger charge is 2.36. The van der Waals surface area contributed by atoms with E-state index in [9.17, 15) is 0 Å². The Labute approximate surface area is 49.4 Å². The molecule has 46 valence electrons. The Balaban J connectivity index is 2.11. The van der Waals surface area contributed by atoms with Crippen molar-refractivity contribution in [3.05, 3.63) is 0 Å². The van der Waals surface area contributed by atoms with E-state index in [-0.39, 0.29) is 0 Å². The third-order valence-corrected chi connectivity index (χ3v) is 2.42. The first-order chi connectivity index (χ1) is 3.86. The number of nitrogens with one attached hydrogen (secondary N) is 1. The van der Waals surface area contributed by atoms with Gasteiger partial charge < -0.3 is 11.1 Å². The second-order valence-corrected chi connectivity index (χ2v) is 3.00. The lowest BCUT2D eigenvalue weighted by molar-refractivity contribution is 0.439. The van der Waals surface area contributed by atoms with Gasteiger partial charge >= 0.3 is 0 Å². The minimum atomic E-state index is 0.515. The zero-order chi connectivity index (χ0) is 5.56. The van der Waals surface area contributed by atoms with E-state index in [0.717, 1.165) is 12.0 Å². The minimum Gasteiger partial charge on any atom is -0.327 e. The van der Waals surface area contributed by atoms with Crippen LogP contribution in [0.2, 0.25) is 0 Å². The van der Waals surface area contributed by atoms with E-state index in [0.29, 0.717) is 6.04 Å². The fourth-order valence-corrected chi connectivity index (χ4v) is 1.88. The maximum Gasteiger partial charge on any atom is 0.00946 e. The molecule has 3 atom stereocenters. The number of piperidine rings is 1. The summed E-state index contributed by atoms with van der Waals surface area (Å²) in [6.07, 6.45) is 2.55. The third kappa shape index (κ3) is 0.501. The lowest BCUT2D eigenvalue weighted by atomic mass is 10.1. The van der Waals surface area contributed by atoms with Crippen molar-refractivity contribution in [2.45, 2.75) is 24.9 Å². The highest BCUT2D eigenvalue weighted by molar-refractivity contribution is 4.96. The first-order valence-electron chi connectivity index (χ1n) is 3.35. The van der Waals surface area contributed by atoms with Crippen LogP contribution in [0.5, 0.6) is 0 Å². The van der Waals surface area contributed by atoms with Crippen molar-refractivity contribution in [1.29, 1.82) is 0 Å². The standard InChI is InChI=1S/C6H12N2/c7-6-2-5-1-4(6)3-8-5/h4-6,8H,1-3,7H2/t4?,5-,6+/m0/s1. The van der Waals surface area contributed by atoms with Crippen LogP contribution < -0.4 is 11.1 Å². The molecular weight excluding hydrogens is 100 g/mol. The monoisotopic (exact) mass is 112 g/mol. The molecule has 0 radical (unpaired) electrons. The molecule has 0 aromatic heterocycles. The molecule has 1 unspecified atom stereocenters. The topological polar surface area (TPSA) is 38.0 Å². The van der Waals surface area contributed by atoms with Gasteiger partial charge in [-0.2, -0.15) is 0 Å². The van der Waals surface area contributed by atoms with Gasteiger partial charge in [-0.3, -0.25) is 0 Å². The molecular formula is C6H12N2. The number of nitrogens with two attached hydrogens (primary N) is 1. The summed E-state index contributed by atoms with van der Waals surface area (Å²) in [5.74, 6) is 0.806. The molecule has 1 aliphatic heterocycles. The lowest BCUT2D eigenvalue weighted by Gasteiger charge is -2.16. The molecule has 3 N–H and O–H groups in total. The first kappa shape index (κ1) is 4.77. The maximum absolute atomic E-state index is 5.78. The predicted octanol–water partition coefficient (Wildman–Crippen LogP) is -0.305. The maximum atomic E-state index is 5.78. The van der Waals surface area contributed by atoms with Gasteiger partial charge in [0.05, 0.1) is 0 Å². The van der Waals surface area contributed by atoms with Crippen molar-refractivity contribution >= 4 is 0 Å². The molecule has 1 saturated heterocycles. The van der Waals surface area contributed by atoms with Gasteiger partial charge in [0.2, 0.25) is 0 Å². The average molecular weight is 112 g/mol. The predicted molar refractivity (Wildman–Crippen MR) is 32.5 cm³/mol. The molecule has 1 saturated carbocycles. The van der Waals surface area contributed by atoms with Crippen LogP contribution in [0.4, 0.5) is 0 Å². The van der Waals surface area contributed by atoms with E-state index in [1.165, 1.54) is 19.4 Å². The van der Waals surface area contributed by atoms with Crippen LogP contribution in [-0.2, 0) is 0 Å². The van der Waals surface area contributed by atoms with E-state index in [1.807, 2.05) is 0 Å². The zero-order valence-electron chi connectivity index (χ0n) is 4.93. The normalized spacial score (nSPS) is 52.9. The van der Waals surface area contributed by atoms with Gasteiger partial charge in [-0.25, -0.2) is 0 Å². The van der Waals surface area contributed by atoms with Gasteiger partial charge in [-0.05, 0) is 25.3 Å². The molecule has 0 aromatic carbocycles. The van der Waals surface area contributed by atoms with Gasteiger partial charge in [-0.15, -0.1) is 0 Å². The van der Waals surface area contributed by atoms with E-state index in [4.69, 9.17) is 5.73 Å². The van der Waals surface area contributed by atoms with E-state index in [1.54, 1.807) is 0 Å². The summed E-state index contributed by atoms with van der Waals surface area (Å²) in [5, 5.41) is 3.41. The van der Waals surface area contributed by atoms with Crippen molar-refractivity contribution < 1.29 is 0 Å². The second-order valence-electron chi connectivity index (χ2n) is 3.00. The summed E-state index contributed by atoms with van der Waals surface area (Å²) in [6, 6.07) is 1.29. The molecule has 0 amide bonds. The largest absolute Gasteiger partial charge is 0.327 e. The molecule has 2 fully saturated rings. The SMILES string of the molecule is N[C@@H]1C[C@@H]2CC1CN2. The van der Waals surface area contributed by atoms with Gasteiger partial charge in [0.25, 0.3) is 0 Å². The average Bonchev–Trinajstić information content (AvgIpc) is 2.23. The van der Waals surface area contributed by atoms with Crippen LogP contribution in [0, 0.1) is 5.92 Å². The molecule has 2 heteroatoms. The molecule has 0 spiro atoms. The molecule has 2 bridgehead atoms. The fraction of sp³-hybridized carbons (Fsp3) is 1.00. The summed E-state index contributed by atoms with van der Waals surface area (Å²) >= 11 is 0. The van der Waals surface area contributed by atoms with Crippen LogP contribution in [0.3, 0.4) is 0 Å². The van der Waals surface area contributed by atoms with E-state index >= 15 is 0 Å². The number of fused-ring (bicyclic) bond motifs is 2. The van der Waals surface area contributed by atoms with Crippen LogP contribution >= 0.6 is 0 Å². The molecule has 1 aliphatic carbocycles. The third-order valence-electron chi connectivity index (χ3n) is 2.42. The summed E-state index contributed by atoms with van der Waals surface area (Å²) in [4.78, 5) is 0. The minimum absolute atomic E-state index is 0.515. The summed E-state index contributed by atoms with van der Waals surface area (Å²) in [5.41, 5.74) is 5.78. The molecule has 2 rings (SSSR count). The lowest BCUT2D eigenvalue weighted by Crippen LogP contribution is -2.37. The van der Waals surface area contributed by atoms with Gasteiger partial charge in [0.15, 0.2) is 0 Å². The molecule has 2 nitrogen and oxygen atoms in total. The number of hydrogen-bond acceptors (Lipinski definition) is 2. The van der Waals surface area contributed by atoms with Crippen molar-refractivity contribution in [1.82, 2.24) is 5.32 Å². The van der Waals surface area contributed by atoms with Crippen molar-refractivity contribution in [3.63, 3.8) is 0 Å². The Morgan fingerprint density at radius 1 is 1.38 bits per heavy atom. The summed E-state index contributed by atoms with van der Waals surface area (Å²) in [6.45, 7) is 1.17. The smallest absolute Gasteiger partial charge is 0.00946 e. The second kappa shape index (κ2) is 1.45.